The van der Waals surface area contributed by atoms with Crippen molar-refractivity contribution in [1.29, 1.82) is 0 Å². The Morgan fingerprint density at radius 1 is 0.844 bits per heavy atom. The highest BCUT2D eigenvalue weighted by molar-refractivity contribution is 7.80. The molecule has 2 aliphatic rings. The number of hydrogen-bond donors (Lipinski definition) is 5. The number of rotatable bonds is 0. The molecule has 176 valence electrons. The number of benzene rings is 1. The Labute approximate surface area is 191 Å². The van der Waals surface area contributed by atoms with Gasteiger partial charge in [-0.1, -0.05) is 29.3 Å². The van der Waals surface area contributed by atoms with Gasteiger partial charge >= 0.3 is 20.8 Å². The number of aryl methyl sites for hydroxylation is 2. The second-order valence-electron chi connectivity index (χ2n) is 6.94. The number of pyridine rings is 1. The highest BCUT2D eigenvalue weighted by atomic mass is 35.5. The Kier molecular flexibility index (Phi) is 9.30. The molecule has 1 saturated heterocycles. The topological polar surface area (TPSA) is 174 Å². The standard InChI is InChI=1S/C19H19ClN2.2H2O4S/c20-16-5-6-17-15(12-16)4-3-14-2-1-9-22-19(14)18(17)13-7-10-21-11-8-13;2*1-5(2,3)4/h1-2,5-6,9,12,21H,3-4,7-8,10-11H2;2*(H2,1,2,3,4). The van der Waals surface area contributed by atoms with Crippen molar-refractivity contribution >= 4 is 38.0 Å². The third kappa shape index (κ3) is 9.30. The minimum absolute atomic E-state index is 0.826. The van der Waals surface area contributed by atoms with E-state index in [9.17, 15) is 0 Å². The highest BCUT2D eigenvalue weighted by Crippen LogP contribution is 2.37. The average molecular weight is 507 g/mol. The lowest BCUT2D eigenvalue weighted by Gasteiger charge is -2.21. The van der Waals surface area contributed by atoms with E-state index in [0.29, 0.717) is 0 Å². The fourth-order valence-corrected chi connectivity index (χ4v) is 3.81. The van der Waals surface area contributed by atoms with E-state index in [0.717, 1.165) is 43.8 Å². The summed E-state index contributed by atoms with van der Waals surface area (Å²) in [5.41, 5.74) is 8.12. The molecular formula is C19H23ClN2O8S2. The van der Waals surface area contributed by atoms with Crippen molar-refractivity contribution in [2.45, 2.75) is 25.7 Å². The molecule has 10 nitrogen and oxygen atoms in total. The third-order valence-corrected chi connectivity index (χ3v) is 4.92. The minimum Gasteiger partial charge on any atom is -0.316 e. The fraction of sp³-hybridized carbons (Fsp3) is 0.316. The predicted molar refractivity (Wildman–Crippen MR) is 120 cm³/mol. The lowest BCUT2D eigenvalue weighted by atomic mass is 9.89. The van der Waals surface area contributed by atoms with Crippen LogP contribution in [0.3, 0.4) is 0 Å². The molecular weight excluding hydrogens is 484 g/mol. The zero-order valence-electron chi connectivity index (χ0n) is 16.8. The molecule has 4 rings (SSSR count). The van der Waals surface area contributed by atoms with Crippen LogP contribution in [-0.2, 0) is 33.6 Å². The Morgan fingerprint density at radius 3 is 2.00 bits per heavy atom. The lowest BCUT2D eigenvalue weighted by molar-refractivity contribution is 0.378. The van der Waals surface area contributed by atoms with E-state index in [4.69, 9.17) is 51.6 Å². The van der Waals surface area contributed by atoms with E-state index in [1.54, 1.807) is 0 Å². The predicted octanol–water partition coefficient (Wildman–Crippen LogP) is 2.71. The first-order chi connectivity index (χ1) is 14.8. The molecule has 13 heteroatoms. The maximum absolute atomic E-state index is 8.74. The van der Waals surface area contributed by atoms with E-state index < -0.39 is 20.8 Å². The molecule has 1 aromatic heterocycles. The molecule has 0 atom stereocenters. The van der Waals surface area contributed by atoms with Gasteiger partial charge in [0, 0.05) is 16.8 Å². The van der Waals surface area contributed by atoms with E-state index in [1.807, 2.05) is 18.3 Å². The van der Waals surface area contributed by atoms with Crippen LogP contribution in [0.1, 0.15) is 35.2 Å². The monoisotopic (exact) mass is 506 g/mol. The normalized spacial score (nSPS) is 15.8. The summed E-state index contributed by atoms with van der Waals surface area (Å²) in [4.78, 5) is 4.75. The lowest BCUT2D eigenvalue weighted by Crippen LogP contribution is -2.24. The SMILES string of the molecule is Clc1ccc2c(c1)CCc1cccnc1C2=C1CCNCC1.O=S(=O)(O)O.O=S(=O)(O)O. The van der Waals surface area contributed by atoms with Gasteiger partial charge in [-0.15, -0.1) is 0 Å². The van der Waals surface area contributed by atoms with Crippen molar-refractivity contribution in [3.63, 3.8) is 0 Å². The Balaban J connectivity index is 0.000000308. The van der Waals surface area contributed by atoms with Crippen molar-refractivity contribution < 1.29 is 35.0 Å². The van der Waals surface area contributed by atoms with Crippen LogP contribution in [0.15, 0.2) is 42.1 Å². The molecule has 0 radical (unpaired) electrons. The van der Waals surface area contributed by atoms with Gasteiger partial charge in [-0.25, -0.2) is 0 Å². The number of nitrogens with one attached hydrogen (secondary N) is 1. The Hall–Kier alpha value is -1.90. The van der Waals surface area contributed by atoms with Gasteiger partial charge < -0.3 is 5.32 Å². The highest BCUT2D eigenvalue weighted by Gasteiger charge is 2.23. The van der Waals surface area contributed by atoms with Crippen LogP contribution < -0.4 is 5.32 Å². The molecule has 32 heavy (non-hydrogen) atoms. The van der Waals surface area contributed by atoms with Gasteiger partial charge in [0.15, 0.2) is 0 Å². The summed E-state index contributed by atoms with van der Waals surface area (Å²) in [6.45, 7) is 2.12. The molecule has 0 saturated carbocycles. The van der Waals surface area contributed by atoms with Crippen LogP contribution >= 0.6 is 11.6 Å². The van der Waals surface area contributed by atoms with E-state index >= 15 is 0 Å². The van der Waals surface area contributed by atoms with Crippen molar-refractivity contribution in [1.82, 2.24) is 10.3 Å². The first kappa shape index (κ1) is 26.4. The molecule has 1 aliphatic carbocycles. The molecule has 5 N–H and O–H groups in total. The number of piperidine rings is 1. The van der Waals surface area contributed by atoms with Gasteiger partial charge in [0.2, 0.25) is 0 Å². The summed E-state index contributed by atoms with van der Waals surface area (Å²) in [5.74, 6) is 0. The first-order valence-electron chi connectivity index (χ1n) is 9.38. The molecule has 2 heterocycles. The number of hydrogen-bond acceptors (Lipinski definition) is 6. The quantitative estimate of drug-likeness (QED) is 0.334. The summed E-state index contributed by atoms with van der Waals surface area (Å²) in [5, 5.41) is 4.28. The number of halogens is 1. The van der Waals surface area contributed by atoms with Crippen LogP contribution in [0.5, 0.6) is 0 Å². The van der Waals surface area contributed by atoms with E-state index in [-0.39, 0.29) is 0 Å². The molecule has 0 unspecified atom stereocenters. The number of nitrogens with zero attached hydrogens (tertiary/aromatic N) is 1. The molecule has 0 amide bonds. The summed E-state index contributed by atoms with van der Waals surface area (Å²) in [7, 11) is -9.33. The van der Waals surface area contributed by atoms with Gasteiger partial charge in [0.1, 0.15) is 0 Å². The van der Waals surface area contributed by atoms with Crippen molar-refractivity contribution in [2.75, 3.05) is 13.1 Å². The van der Waals surface area contributed by atoms with Crippen molar-refractivity contribution in [2.24, 2.45) is 0 Å². The first-order valence-corrected chi connectivity index (χ1v) is 12.6. The van der Waals surface area contributed by atoms with Gasteiger partial charge in [-0.2, -0.15) is 16.8 Å². The largest absolute Gasteiger partial charge is 0.394 e. The van der Waals surface area contributed by atoms with E-state index in [2.05, 4.69) is 23.5 Å². The minimum atomic E-state index is -4.67. The van der Waals surface area contributed by atoms with Crippen molar-refractivity contribution in [3.8, 4) is 0 Å². The van der Waals surface area contributed by atoms with Gasteiger partial charge in [-0.3, -0.25) is 23.2 Å². The maximum atomic E-state index is 8.74. The van der Waals surface area contributed by atoms with Crippen LogP contribution in [0.25, 0.3) is 5.57 Å². The zero-order valence-corrected chi connectivity index (χ0v) is 19.2. The smallest absolute Gasteiger partial charge is 0.316 e. The average Bonchev–Trinajstić information content (AvgIpc) is 2.83. The van der Waals surface area contributed by atoms with Gasteiger partial charge in [0.25, 0.3) is 0 Å². The Bertz CT molecular complexity index is 1140. The molecule has 1 aliphatic heterocycles. The number of fused-ring (bicyclic) bond motifs is 2. The van der Waals surface area contributed by atoms with Crippen LogP contribution in [0.2, 0.25) is 5.02 Å². The third-order valence-electron chi connectivity index (χ3n) is 4.69. The summed E-state index contributed by atoms with van der Waals surface area (Å²) in [6, 6.07) is 10.6. The Morgan fingerprint density at radius 2 is 1.41 bits per heavy atom. The zero-order chi connectivity index (χ0) is 23.9. The van der Waals surface area contributed by atoms with Crippen molar-refractivity contribution in [3.05, 3.63) is 69.5 Å². The number of aromatic nitrogens is 1. The maximum Gasteiger partial charge on any atom is 0.394 e. The summed E-state index contributed by atoms with van der Waals surface area (Å²) in [6.07, 6.45) is 6.19. The van der Waals surface area contributed by atoms with Gasteiger partial charge in [-0.05, 0) is 73.7 Å². The molecule has 1 fully saturated rings. The fourth-order valence-electron chi connectivity index (χ4n) is 3.61. The van der Waals surface area contributed by atoms with Gasteiger partial charge in [0.05, 0.1) is 5.69 Å². The molecule has 0 bridgehead atoms. The molecule has 0 spiro atoms. The molecule has 2 aromatic rings. The second kappa shape index (κ2) is 11.3. The second-order valence-corrected chi connectivity index (χ2v) is 9.16. The summed E-state index contributed by atoms with van der Waals surface area (Å²) >= 11 is 6.23. The van der Waals surface area contributed by atoms with E-state index in [1.165, 1.54) is 33.5 Å². The van der Waals surface area contributed by atoms with Crippen LogP contribution in [0.4, 0.5) is 0 Å². The van der Waals surface area contributed by atoms with Crippen LogP contribution in [0, 0.1) is 0 Å². The van der Waals surface area contributed by atoms with Crippen LogP contribution in [-0.4, -0.2) is 53.1 Å². The summed E-state index contributed by atoms with van der Waals surface area (Å²) < 4.78 is 63.2. The molecule has 1 aromatic carbocycles.